The maximum Gasteiger partial charge on any atom is 0.307 e. The molecule has 1 amide bonds. The lowest BCUT2D eigenvalue weighted by Crippen LogP contribution is -2.17. The van der Waals surface area contributed by atoms with E-state index >= 15 is 0 Å². The molecule has 0 spiro atoms. The molecule has 1 aliphatic rings. The normalized spacial score (nSPS) is 21.1. The van der Waals surface area contributed by atoms with Gasteiger partial charge in [-0.1, -0.05) is 26.0 Å². The quantitative estimate of drug-likeness (QED) is 0.781. The predicted octanol–water partition coefficient (Wildman–Crippen LogP) is 2.38. The van der Waals surface area contributed by atoms with Crippen LogP contribution in [0.25, 0.3) is 11.3 Å². The standard InChI is InChI=1S/C17H19N3O4/c1-17(2)13(14(17)16(22)23)15(21)18-12-8-11(19-20-12)9-5-4-6-10(7-9)24-3/h4-8,13-14H,1-3H3,(H,22,23)(H2,18,19,20,21)/t13-,14-/m0/s1. The molecule has 1 aliphatic carbocycles. The Morgan fingerprint density at radius 2 is 2.04 bits per heavy atom. The number of H-pyrrole nitrogens is 1. The third kappa shape index (κ3) is 2.73. The van der Waals surface area contributed by atoms with Crippen molar-refractivity contribution >= 4 is 17.7 Å². The van der Waals surface area contributed by atoms with Gasteiger partial charge in [0.15, 0.2) is 5.82 Å². The van der Waals surface area contributed by atoms with Crippen molar-refractivity contribution < 1.29 is 19.4 Å². The molecule has 3 rings (SSSR count). The molecule has 0 unspecified atom stereocenters. The van der Waals surface area contributed by atoms with Crippen LogP contribution in [0.4, 0.5) is 5.82 Å². The Bertz CT molecular complexity index is 797. The van der Waals surface area contributed by atoms with Gasteiger partial charge in [-0.05, 0) is 17.5 Å². The van der Waals surface area contributed by atoms with Gasteiger partial charge in [0.25, 0.3) is 0 Å². The number of methoxy groups -OCH3 is 1. The van der Waals surface area contributed by atoms with Crippen LogP contribution in [0, 0.1) is 17.3 Å². The average molecular weight is 329 g/mol. The van der Waals surface area contributed by atoms with Crippen molar-refractivity contribution in [3.05, 3.63) is 30.3 Å². The third-order valence-corrected chi connectivity index (χ3v) is 4.59. The molecule has 126 valence electrons. The smallest absolute Gasteiger partial charge is 0.307 e. The molecule has 1 saturated carbocycles. The first-order chi connectivity index (χ1) is 11.3. The summed E-state index contributed by atoms with van der Waals surface area (Å²) in [7, 11) is 1.59. The van der Waals surface area contributed by atoms with Crippen LogP contribution in [0.5, 0.6) is 5.75 Å². The summed E-state index contributed by atoms with van der Waals surface area (Å²) in [4.78, 5) is 23.5. The largest absolute Gasteiger partial charge is 0.497 e. The lowest BCUT2D eigenvalue weighted by Gasteiger charge is -2.02. The van der Waals surface area contributed by atoms with E-state index in [9.17, 15) is 9.59 Å². The van der Waals surface area contributed by atoms with E-state index in [1.165, 1.54) is 0 Å². The molecule has 7 nitrogen and oxygen atoms in total. The fraction of sp³-hybridized carbons (Fsp3) is 0.353. The number of amides is 1. The maximum atomic E-state index is 12.3. The van der Waals surface area contributed by atoms with Gasteiger partial charge >= 0.3 is 5.97 Å². The van der Waals surface area contributed by atoms with E-state index in [0.717, 1.165) is 17.0 Å². The van der Waals surface area contributed by atoms with Crippen LogP contribution in [0.15, 0.2) is 30.3 Å². The van der Waals surface area contributed by atoms with Crippen LogP contribution in [0.3, 0.4) is 0 Å². The van der Waals surface area contributed by atoms with E-state index in [1.54, 1.807) is 27.0 Å². The maximum absolute atomic E-state index is 12.3. The van der Waals surface area contributed by atoms with Gasteiger partial charge < -0.3 is 15.2 Å². The van der Waals surface area contributed by atoms with Crippen molar-refractivity contribution in [1.82, 2.24) is 10.2 Å². The van der Waals surface area contributed by atoms with Crippen molar-refractivity contribution in [2.45, 2.75) is 13.8 Å². The minimum atomic E-state index is -0.945. The van der Waals surface area contributed by atoms with Gasteiger partial charge in [-0.25, -0.2) is 0 Å². The van der Waals surface area contributed by atoms with Gasteiger partial charge in [0.2, 0.25) is 5.91 Å². The SMILES string of the molecule is COc1cccc(-c2cc(NC(=O)[C@@H]3[C@@H](C(=O)O)C3(C)C)n[nH]2)c1. The van der Waals surface area contributed by atoms with Crippen molar-refractivity contribution in [1.29, 1.82) is 0 Å². The van der Waals surface area contributed by atoms with Crippen LogP contribution in [-0.2, 0) is 9.59 Å². The number of aromatic nitrogens is 2. The molecular weight excluding hydrogens is 310 g/mol. The monoisotopic (exact) mass is 329 g/mol. The summed E-state index contributed by atoms with van der Waals surface area (Å²) >= 11 is 0. The summed E-state index contributed by atoms with van der Waals surface area (Å²) in [6.45, 7) is 3.56. The number of hydrogen-bond donors (Lipinski definition) is 3. The van der Waals surface area contributed by atoms with Crippen LogP contribution < -0.4 is 10.1 Å². The Balaban J connectivity index is 1.73. The van der Waals surface area contributed by atoms with Crippen molar-refractivity contribution in [2.24, 2.45) is 17.3 Å². The number of ether oxygens (including phenoxy) is 1. The van der Waals surface area contributed by atoms with Crippen molar-refractivity contribution in [2.75, 3.05) is 12.4 Å². The molecule has 0 radical (unpaired) electrons. The number of nitrogens with one attached hydrogen (secondary N) is 2. The second-order valence-electron chi connectivity index (χ2n) is 6.50. The summed E-state index contributed by atoms with van der Waals surface area (Å²) in [5.41, 5.74) is 1.06. The number of carboxylic acids is 1. The molecule has 2 atom stereocenters. The number of aliphatic carboxylic acids is 1. The summed E-state index contributed by atoms with van der Waals surface area (Å²) in [5.74, 6) is -1.39. The molecule has 2 aromatic rings. The fourth-order valence-corrected chi connectivity index (χ4v) is 3.12. The average Bonchev–Trinajstić information content (AvgIpc) is 2.89. The Hall–Kier alpha value is -2.83. The fourth-order valence-electron chi connectivity index (χ4n) is 3.12. The van der Waals surface area contributed by atoms with Gasteiger partial charge in [0.1, 0.15) is 5.75 Å². The second-order valence-corrected chi connectivity index (χ2v) is 6.50. The second kappa shape index (κ2) is 5.67. The topological polar surface area (TPSA) is 104 Å². The van der Waals surface area contributed by atoms with Gasteiger partial charge in [-0.15, -0.1) is 0 Å². The highest BCUT2D eigenvalue weighted by Gasteiger charge is 2.65. The van der Waals surface area contributed by atoms with E-state index in [2.05, 4.69) is 15.5 Å². The Labute approximate surface area is 139 Å². The third-order valence-electron chi connectivity index (χ3n) is 4.59. The number of nitrogens with zero attached hydrogens (tertiary/aromatic N) is 1. The van der Waals surface area contributed by atoms with Gasteiger partial charge in [-0.2, -0.15) is 5.10 Å². The van der Waals surface area contributed by atoms with Crippen LogP contribution in [0.1, 0.15) is 13.8 Å². The molecule has 24 heavy (non-hydrogen) atoms. The highest BCUT2D eigenvalue weighted by atomic mass is 16.5. The van der Waals surface area contributed by atoms with Gasteiger partial charge in [0, 0.05) is 11.6 Å². The lowest BCUT2D eigenvalue weighted by molar-refractivity contribution is -0.140. The number of hydrogen-bond acceptors (Lipinski definition) is 4. The number of carboxylic acid groups (broad SMARTS) is 1. The van der Waals surface area contributed by atoms with Crippen LogP contribution >= 0.6 is 0 Å². The number of benzene rings is 1. The Morgan fingerprint density at radius 1 is 1.29 bits per heavy atom. The van der Waals surface area contributed by atoms with E-state index in [1.807, 2.05) is 24.3 Å². The summed E-state index contributed by atoms with van der Waals surface area (Å²) in [6, 6.07) is 9.15. The minimum Gasteiger partial charge on any atom is -0.497 e. The Morgan fingerprint density at radius 3 is 2.67 bits per heavy atom. The molecule has 7 heteroatoms. The van der Waals surface area contributed by atoms with Crippen molar-refractivity contribution in [3.8, 4) is 17.0 Å². The minimum absolute atomic E-state index is 0.323. The number of carbonyl (C=O) groups excluding carboxylic acids is 1. The highest BCUT2D eigenvalue weighted by Crippen LogP contribution is 2.58. The van der Waals surface area contributed by atoms with Gasteiger partial charge in [0.05, 0.1) is 24.6 Å². The molecular formula is C17H19N3O4. The molecule has 3 N–H and O–H groups in total. The molecule has 1 heterocycles. The molecule has 0 saturated heterocycles. The van der Waals surface area contributed by atoms with Crippen LogP contribution in [0.2, 0.25) is 0 Å². The first-order valence-corrected chi connectivity index (χ1v) is 7.58. The first-order valence-electron chi connectivity index (χ1n) is 7.58. The molecule has 0 bridgehead atoms. The number of carbonyl (C=O) groups is 2. The summed E-state index contributed by atoms with van der Waals surface area (Å²) in [5, 5.41) is 18.8. The molecule has 1 fully saturated rings. The zero-order chi connectivity index (χ0) is 17.5. The zero-order valence-electron chi connectivity index (χ0n) is 13.7. The zero-order valence-corrected chi connectivity index (χ0v) is 13.7. The lowest BCUT2D eigenvalue weighted by atomic mass is 10.1. The number of aromatic amines is 1. The van der Waals surface area contributed by atoms with Gasteiger partial charge in [-0.3, -0.25) is 14.7 Å². The van der Waals surface area contributed by atoms with Crippen LogP contribution in [-0.4, -0.2) is 34.3 Å². The molecule has 0 aliphatic heterocycles. The predicted molar refractivity (Wildman–Crippen MR) is 87.6 cm³/mol. The molecule has 1 aromatic carbocycles. The number of rotatable bonds is 5. The van der Waals surface area contributed by atoms with E-state index in [4.69, 9.17) is 9.84 Å². The van der Waals surface area contributed by atoms with E-state index in [-0.39, 0.29) is 5.91 Å². The van der Waals surface area contributed by atoms with Crippen molar-refractivity contribution in [3.63, 3.8) is 0 Å². The number of anilines is 1. The first kappa shape index (κ1) is 16.0. The molecule has 1 aromatic heterocycles. The van der Waals surface area contributed by atoms with E-state index < -0.39 is 23.2 Å². The summed E-state index contributed by atoms with van der Waals surface area (Å²) in [6.07, 6.45) is 0. The van der Waals surface area contributed by atoms with E-state index in [0.29, 0.717) is 5.82 Å². The Kier molecular flexibility index (Phi) is 3.79. The summed E-state index contributed by atoms with van der Waals surface area (Å²) < 4.78 is 5.18. The highest BCUT2D eigenvalue weighted by molar-refractivity contribution is 5.99.